The molecule has 6 nitrogen and oxygen atoms in total. The Balaban J connectivity index is 1.75. The highest BCUT2D eigenvalue weighted by atomic mass is 19.4. The molecule has 0 spiro atoms. The molecule has 2 N–H and O–H groups in total. The van der Waals surface area contributed by atoms with Gasteiger partial charge in [0.15, 0.2) is 11.5 Å². The molecule has 9 heteroatoms. The van der Waals surface area contributed by atoms with Crippen molar-refractivity contribution >= 4 is 17.3 Å². The lowest BCUT2D eigenvalue weighted by molar-refractivity contribution is -0.137. The molecule has 0 fully saturated rings. The number of rotatable bonds is 4. The summed E-state index contributed by atoms with van der Waals surface area (Å²) in [6.45, 7) is 0.0963. The summed E-state index contributed by atoms with van der Waals surface area (Å²) in [6, 6.07) is 11.0. The van der Waals surface area contributed by atoms with Crippen molar-refractivity contribution in [2.24, 2.45) is 0 Å². The second kappa shape index (κ2) is 7.29. The van der Waals surface area contributed by atoms with Crippen LogP contribution in [0.3, 0.4) is 0 Å². The summed E-state index contributed by atoms with van der Waals surface area (Å²) in [5.74, 6) is 0.0874. The Morgan fingerprint density at radius 1 is 1.15 bits per heavy atom. The number of amides is 1. The fourth-order valence-corrected chi connectivity index (χ4v) is 2.32. The Bertz CT molecular complexity index is 949. The number of hydrogen-bond acceptors (Lipinski definition) is 5. The van der Waals surface area contributed by atoms with E-state index in [1.807, 2.05) is 0 Å². The Morgan fingerprint density at radius 3 is 2.63 bits per heavy atom. The third kappa shape index (κ3) is 4.12. The van der Waals surface area contributed by atoms with Gasteiger partial charge in [0.1, 0.15) is 11.6 Å². The van der Waals surface area contributed by atoms with Crippen LogP contribution in [0.15, 0.2) is 54.2 Å². The highest BCUT2D eigenvalue weighted by Gasteiger charge is 2.33. The molecule has 0 unspecified atom stereocenters. The number of nitrogens with one attached hydrogen (secondary N) is 2. The number of halogens is 3. The zero-order valence-corrected chi connectivity index (χ0v) is 13.6. The Hall–Kier alpha value is -3.67. The first-order valence-corrected chi connectivity index (χ1v) is 7.62. The normalized spacial score (nSPS) is 13.0. The van der Waals surface area contributed by atoms with Crippen LogP contribution in [-0.2, 0) is 11.0 Å². The highest BCUT2D eigenvalue weighted by molar-refractivity contribution is 6.07. The van der Waals surface area contributed by atoms with Crippen LogP contribution >= 0.6 is 0 Å². The molecule has 27 heavy (non-hydrogen) atoms. The first-order chi connectivity index (χ1) is 12.9. The van der Waals surface area contributed by atoms with E-state index in [9.17, 15) is 18.0 Å². The fraction of sp³-hybridized carbons (Fsp3) is 0.111. The summed E-state index contributed by atoms with van der Waals surface area (Å²) in [6.07, 6.45) is -3.53. The van der Waals surface area contributed by atoms with Crippen LogP contribution in [0.25, 0.3) is 0 Å². The van der Waals surface area contributed by atoms with E-state index in [1.54, 1.807) is 24.3 Å². The van der Waals surface area contributed by atoms with E-state index < -0.39 is 28.9 Å². The highest BCUT2D eigenvalue weighted by Crippen LogP contribution is 2.35. The minimum Gasteiger partial charge on any atom is -0.454 e. The molecule has 0 aliphatic carbocycles. The molecule has 0 aromatic heterocycles. The number of nitriles is 1. The van der Waals surface area contributed by atoms with Crippen molar-refractivity contribution in [3.05, 3.63) is 59.8 Å². The minimum atomic E-state index is -4.63. The molecule has 2 aromatic carbocycles. The van der Waals surface area contributed by atoms with Crippen molar-refractivity contribution in [1.82, 2.24) is 0 Å². The molecule has 138 valence electrons. The van der Waals surface area contributed by atoms with Crippen LogP contribution < -0.4 is 20.1 Å². The molecule has 0 saturated heterocycles. The van der Waals surface area contributed by atoms with Crippen LogP contribution in [0.4, 0.5) is 24.5 Å². The standard InChI is InChI=1S/C18H12F3N3O3/c19-18(20,21)13-3-1-2-4-14(13)24-17(25)11(8-22)9-23-12-5-6-15-16(7-12)27-10-26-15/h1-7,9,23H,10H2,(H,24,25)/b11-9-. The van der Waals surface area contributed by atoms with E-state index in [1.165, 1.54) is 12.1 Å². The molecular weight excluding hydrogens is 363 g/mol. The number of benzene rings is 2. The Kier molecular flexibility index (Phi) is 4.90. The smallest absolute Gasteiger partial charge is 0.418 e. The molecule has 0 bridgehead atoms. The molecule has 1 heterocycles. The Labute approximate surface area is 151 Å². The Morgan fingerprint density at radius 2 is 1.89 bits per heavy atom. The third-order valence-electron chi connectivity index (χ3n) is 3.60. The number of nitrogens with zero attached hydrogens (tertiary/aromatic N) is 1. The van der Waals surface area contributed by atoms with Gasteiger partial charge in [-0.1, -0.05) is 12.1 Å². The molecule has 3 rings (SSSR count). The third-order valence-corrected chi connectivity index (χ3v) is 3.60. The van der Waals surface area contributed by atoms with Gasteiger partial charge in [0.25, 0.3) is 5.91 Å². The summed E-state index contributed by atoms with van der Waals surface area (Å²) in [5.41, 5.74) is -1.32. The average Bonchev–Trinajstić information content (AvgIpc) is 3.09. The number of hydrogen-bond donors (Lipinski definition) is 2. The molecule has 2 aromatic rings. The van der Waals surface area contributed by atoms with Gasteiger partial charge >= 0.3 is 6.18 Å². The van der Waals surface area contributed by atoms with E-state index >= 15 is 0 Å². The fourth-order valence-electron chi connectivity index (χ4n) is 2.32. The molecule has 0 saturated carbocycles. The molecular formula is C18H12F3N3O3. The van der Waals surface area contributed by atoms with Crippen molar-refractivity contribution in [2.45, 2.75) is 6.18 Å². The van der Waals surface area contributed by atoms with Crippen LogP contribution in [0.5, 0.6) is 11.5 Å². The monoisotopic (exact) mass is 375 g/mol. The predicted octanol–water partition coefficient (Wildman–Crippen LogP) is 3.89. The van der Waals surface area contributed by atoms with Crippen LogP contribution in [-0.4, -0.2) is 12.7 Å². The van der Waals surface area contributed by atoms with Crippen molar-refractivity contribution in [3.63, 3.8) is 0 Å². The lowest BCUT2D eigenvalue weighted by atomic mass is 10.1. The molecule has 1 aliphatic heterocycles. The summed E-state index contributed by atoms with van der Waals surface area (Å²) in [5, 5.41) is 14.0. The number of carbonyl (C=O) groups excluding carboxylic acids is 1. The lowest BCUT2D eigenvalue weighted by Gasteiger charge is -2.13. The molecule has 1 aliphatic rings. The van der Waals surface area contributed by atoms with Crippen LogP contribution in [0.2, 0.25) is 0 Å². The summed E-state index contributed by atoms with van der Waals surface area (Å²) in [4.78, 5) is 12.2. The number of para-hydroxylation sites is 1. The summed E-state index contributed by atoms with van der Waals surface area (Å²) >= 11 is 0. The SMILES string of the molecule is N#C/C(=C/Nc1ccc2c(c1)OCO2)C(=O)Nc1ccccc1C(F)(F)F. The number of fused-ring (bicyclic) bond motifs is 1. The van der Waals surface area contributed by atoms with Crippen molar-refractivity contribution in [1.29, 1.82) is 5.26 Å². The van der Waals surface area contributed by atoms with Gasteiger partial charge in [-0.05, 0) is 24.3 Å². The second-order valence-corrected chi connectivity index (χ2v) is 5.38. The minimum absolute atomic E-state index is 0.0963. The van der Waals surface area contributed by atoms with E-state index in [0.717, 1.165) is 18.3 Å². The van der Waals surface area contributed by atoms with Gasteiger partial charge in [0.2, 0.25) is 6.79 Å². The quantitative estimate of drug-likeness (QED) is 0.626. The maximum absolute atomic E-state index is 13.0. The predicted molar refractivity (Wildman–Crippen MR) is 90.0 cm³/mol. The van der Waals surface area contributed by atoms with Gasteiger partial charge in [0, 0.05) is 18.0 Å². The average molecular weight is 375 g/mol. The molecule has 0 atom stereocenters. The van der Waals surface area contributed by atoms with Crippen LogP contribution in [0.1, 0.15) is 5.56 Å². The van der Waals surface area contributed by atoms with Gasteiger partial charge in [0.05, 0.1) is 11.3 Å². The van der Waals surface area contributed by atoms with Gasteiger partial charge in [-0.15, -0.1) is 0 Å². The van der Waals surface area contributed by atoms with Crippen molar-refractivity contribution in [3.8, 4) is 17.6 Å². The number of ether oxygens (including phenoxy) is 2. The first kappa shape index (κ1) is 18.1. The van der Waals surface area contributed by atoms with Gasteiger partial charge in [-0.25, -0.2) is 0 Å². The van der Waals surface area contributed by atoms with Gasteiger partial charge < -0.3 is 20.1 Å². The molecule has 0 radical (unpaired) electrons. The summed E-state index contributed by atoms with van der Waals surface area (Å²) in [7, 11) is 0. The lowest BCUT2D eigenvalue weighted by Crippen LogP contribution is -2.18. The molecule has 1 amide bonds. The first-order valence-electron chi connectivity index (χ1n) is 7.62. The number of anilines is 2. The van der Waals surface area contributed by atoms with Crippen LogP contribution in [0, 0.1) is 11.3 Å². The summed E-state index contributed by atoms with van der Waals surface area (Å²) < 4.78 is 49.4. The van der Waals surface area contributed by atoms with E-state index in [4.69, 9.17) is 14.7 Å². The second-order valence-electron chi connectivity index (χ2n) is 5.38. The zero-order chi connectivity index (χ0) is 19.4. The van der Waals surface area contributed by atoms with Gasteiger partial charge in [-0.3, -0.25) is 4.79 Å². The van der Waals surface area contributed by atoms with E-state index in [-0.39, 0.29) is 6.79 Å². The van der Waals surface area contributed by atoms with E-state index in [0.29, 0.717) is 17.2 Å². The van der Waals surface area contributed by atoms with Gasteiger partial charge in [-0.2, -0.15) is 18.4 Å². The zero-order valence-electron chi connectivity index (χ0n) is 13.6. The maximum Gasteiger partial charge on any atom is 0.418 e. The largest absolute Gasteiger partial charge is 0.454 e. The van der Waals surface area contributed by atoms with Crippen molar-refractivity contribution < 1.29 is 27.4 Å². The topological polar surface area (TPSA) is 83.4 Å². The number of carbonyl (C=O) groups is 1. The van der Waals surface area contributed by atoms with Crippen molar-refractivity contribution in [2.75, 3.05) is 17.4 Å². The number of alkyl halides is 3. The maximum atomic E-state index is 13.0. The van der Waals surface area contributed by atoms with E-state index in [2.05, 4.69) is 10.6 Å².